The summed E-state index contributed by atoms with van der Waals surface area (Å²) >= 11 is 0. The predicted molar refractivity (Wildman–Crippen MR) is 117 cm³/mol. The van der Waals surface area contributed by atoms with Gasteiger partial charge in [-0.3, -0.25) is 0 Å². The molecule has 1 saturated heterocycles. The molecule has 0 spiro atoms. The van der Waals surface area contributed by atoms with Crippen LogP contribution in [0.25, 0.3) is 0 Å². The largest absolute Gasteiger partial charge is 0.478 e. The zero-order chi connectivity index (χ0) is 20.5. The predicted octanol–water partition coefficient (Wildman–Crippen LogP) is 4.80. The summed E-state index contributed by atoms with van der Waals surface area (Å²) in [6, 6.07) is 12.9. The third kappa shape index (κ3) is 6.12. The Morgan fingerprint density at radius 1 is 1.17 bits per heavy atom. The molecule has 3 rings (SSSR count). The highest BCUT2D eigenvalue weighted by molar-refractivity contribution is 5.92. The summed E-state index contributed by atoms with van der Waals surface area (Å²) in [4.78, 5) is 11.7. The summed E-state index contributed by atoms with van der Waals surface area (Å²) in [5.41, 5.74) is 1.65. The smallest absolute Gasteiger partial charge is 0.335 e. The number of nitrogens with one attached hydrogen (secondary N) is 3. The average molecular weight is 398 g/mol. The van der Waals surface area contributed by atoms with Gasteiger partial charge in [0.25, 0.3) is 0 Å². The lowest BCUT2D eigenvalue weighted by Gasteiger charge is -2.19. The van der Waals surface area contributed by atoms with Gasteiger partial charge in [-0.05, 0) is 62.5 Å². The number of carboxylic acids is 1. The van der Waals surface area contributed by atoms with E-state index in [2.05, 4.69) is 22.9 Å². The summed E-state index contributed by atoms with van der Waals surface area (Å²) in [7, 11) is 0. The summed E-state index contributed by atoms with van der Waals surface area (Å²) in [6.07, 6.45) is 4.28. The van der Waals surface area contributed by atoms with Gasteiger partial charge in [0.15, 0.2) is 5.75 Å². The number of carbonyl (C=O) groups is 1. The van der Waals surface area contributed by atoms with E-state index in [4.69, 9.17) is 4.74 Å². The van der Waals surface area contributed by atoms with E-state index in [-0.39, 0.29) is 5.56 Å². The SMILES string of the molecule is CCCCNc1cc(C(=O)O)cc(NCCC2CCNC2)c1Oc1ccccc1. The van der Waals surface area contributed by atoms with Crippen LogP contribution in [0.1, 0.15) is 43.0 Å². The lowest BCUT2D eigenvalue weighted by Crippen LogP contribution is -2.14. The van der Waals surface area contributed by atoms with E-state index in [0.717, 1.165) is 51.2 Å². The number of ether oxygens (including phenoxy) is 1. The molecular formula is C23H31N3O3. The minimum atomic E-state index is -0.946. The number of unbranched alkanes of at least 4 members (excludes halogenated alkanes) is 1. The topological polar surface area (TPSA) is 82.6 Å². The second-order valence-corrected chi connectivity index (χ2v) is 7.48. The molecular weight excluding hydrogens is 366 g/mol. The van der Waals surface area contributed by atoms with Gasteiger partial charge < -0.3 is 25.8 Å². The van der Waals surface area contributed by atoms with Crippen LogP contribution < -0.4 is 20.7 Å². The van der Waals surface area contributed by atoms with Crippen LogP contribution in [0.4, 0.5) is 11.4 Å². The lowest BCUT2D eigenvalue weighted by molar-refractivity contribution is 0.0697. The minimum Gasteiger partial charge on any atom is -0.478 e. The molecule has 0 aromatic heterocycles. The second-order valence-electron chi connectivity index (χ2n) is 7.48. The molecule has 0 aliphatic carbocycles. The minimum absolute atomic E-state index is 0.245. The standard InChI is InChI=1S/C23H31N3O3/c1-2-3-11-25-20-14-18(23(27)28)15-21(26-13-10-17-9-12-24-16-17)22(20)29-19-7-5-4-6-8-19/h4-8,14-15,17,24-26H,2-3,9-13,16H2,1H3,(H,27,28). The van der Waals surface area contributed by atoms with E-state index in [9.17, 15) is 9.90 Å². The number of hydrogen-bond donors (Lipinski definition) is 4. The second kappa shape index (κ2) is 10.7. The van der Waals surface area contributed by atoms with Gasteiger partial charge in [0, 0.05) is 13.1 Å². The highest BCUT2D eigenvalue weighted by atomic mass is 16.5. The molecule has 2 aromatic carbocycles. The fraction of sp³-hybridized carbons (Fsp3) is 0.435. The summed E-state index contributed by atoms with van der Waals surface area (Å²) in [6.45, 7) is 5.79. The van der Waals surface area contributed by atoms with Crippen LogP contribution in [0.3, 0.4) is 0 Å². The molecule has 1 aliphatic heterocycles. The fourth-order valence-corrected chi connectivity index (χ4v) is 3.50. The third-order valence-corrected chi connectivity index (χ3v) is 5.18. The van der Waals surface area contributed by atoms with Crippen molar-refractivity contribution < 1.29 is 14.6 Å². The van der Waals surface area contributed by atoms with Crippen LogP contribution in [0.2, 0.25) is 0 Å². The van der Waals surface area contributed by atoms with Crippen molar-refractivity contribution in [3.63, 3.8) is 0 Å². The third-order valence-electron chi connectivity index (χ3n) is 5.18. The number of para-hydroxylation sites is 1. The van der Waals surface area contributed by atoms with Crippen LogP contribution in [0.15, 0.2) is 42.5 Å². The van der Waals surface area contributed by atoms with E-state index in [0.29, 0.717) is 23.0 Å². The van der Waals surface area contributed by atoms with Crippen molar-refractivity contribution in [1.29, 1.82) is 0 Å². The van der Waals surface area contributed by atoms with Crippen molar-refractivity contribution >= 4 is 17.3 Å². The molecule has 6 heteroatoms. The van der Waals surface area contributed by atoms with Crippen LogP contribution >= 0.6 is 0 Å². The summed E-state index contributed by atoms with van der Waals surface area (Å²) in [5, 5.41) is 19.8. The Labute approximate surface area is 172 Å². The van der Waals surface area contributed by atoms with Gasteiger partial charge in [0.2, 0.25) is 0 Å². The first-order valence-corrected chi connectivity index (χ1v) is 10.5. The number of hydrogen-bond acceptors (Lipinski definition) is 5. The van der Waals surface area contributed by atoms with Crippen molar-refractivity contribution in [2.24, 2.45) is 5.92 Å². The molecule has 156 valence electrons. The van der Waals surface area contributed by atoms with E-state index in [1.165, 1.54) is 6.42 Å². The number of rotatable bonds is 11. The van der Waals surface area contributed by atoms with Gasteiger partial charge in [-0.1, -0.05) is 31.5 Å². The Hall–Kier alpha value is -2.73. The average Bonchev–Trinajstić information content (AvgIpc) is 3.24. The van der Waals surface area contributed by atoms with Crippen molar-refractivity contribution in [3.8, 4) is 11.5 Å². The Morgan fingerprint density at radius 2 is 1.90 bits per heavy atom. The molecule has 2 aromatic rings. The van der Waals surface area contributed by atoms with E-state index < -0.39 is 5.97 Å². The lowest BCUT2D eigenvalue weighted by atomic mass is 10.0. The molecule has 6 nitrogen and oxygen atoms in total. The van der Waals surface area contributed by atoms with Gasteiger partial charge in [0.05, 0.1) is 16.9 Å². The molecule has 1 atom stereocenters. The van der Waals surface area contributed by atoms with Crippen LogP contribution in [-0.2, 0) is 0 Å². The highest BCUT2D eigenvalue weighted by Crippen LogP contribution is 2.38. The number of anilines is 2. The number of benzene rings is 2. The van der Waals surface area contributed by atoms with Crippen LogP contribution in [0, 0.1) is 5.92 Å². The van der Waals surface area contributed by atoms with Crippen molar-refractivity contribution in [2.75, 3.05) is 36.8 Å². The zero-order valence-electron chi connectivity index (χ0n) is 17.0. The first kappa shape index (κ1) is 21.0. The Bertz CT molecular complexity index is 789. The number of carboxylic acid groups (broad SMARTS) is 1. The Morgan fingerprint density at radius 3 is 2.52 bits per heavy atom. The van der Waals surface area contributed by atoms with E-state index >= 15 is 0 Å². The molecule has 1 heterocycles. The van der Waals surface area contributed by atoms with E-state index in [1.807, 2.05) is 30.3 Å². The molecule has 1 aliphatic rings. The maximum atomic E-state index is 11.7. The van der Waals surface area contributed by atoms with Gasteiger partial charge in [0.1, 0.15) is 5.75 Å². The Balaban J connectivity index is 1.86. The normalized spacial score (nSPS) is 15.8. The molecule has 0 bridgehead atoms. The van der Waals surface area contributed by atoms with Crippen molar-refractivity contribution in [1.82, 2.24) is 5.32 Å². The number of aromatic carboxylic acids is 1. The molecule has 4 N–H and O–H groups in total. The summed E-state index contributed by atoms with van der Waals surface area (Å²) < 4.78 is 6.20. The van der Waals surface area contributed by atoms with Gasteiger partial charge in [-0.25, -0.2) is 4.79 Å². The zero-order valence-corrected chi connectivity index (χ0v) is 17.0. The van der Waals surface area contributed by atoms with E-state index in [1.54, 1.807) is 12.1 Å². The monoisotopic (exact) mass is 397 g/mol. The van der Waals surface area contributed by atoms with Crippen molar-refractivity contribution in [2.45, 2.75) is 32.6 Å². The fourth-order valence-electron chi connectivity index (χ4n) is 3.50. The van der Waals surface area contributed by atoms with Crippen LogP contribution in [-0.4, -0.2) is 37.3 Å². The first-order chi connectivity index (χ1) is 14.2. The molecule has 1 fully saturated rings. The van der Waals surface area contributed by atoms with Crippen LogP contribution in [0.5, 0.6) is 11.5 Å². The highest BCUT2D eigenvalue weighted by Gasteiger charge is 2.18. The van der Waals surface area contributed by atoms with Gasteiger partial charge in [-0.15, -0.1) is 0 Å². The van der Waals surface area contributed by atoms with Crippen molar-refractivity contribution in [3.05, 3.63) is 48.0 Å². The molecule has 1 unspecified atom stereocenters. The molecule has 29 heavy (non-hydrogen) atoms. The summed E-state index contributed by atoms with van der Waals surface area (Å²) in [5.74, 6) is 1.07. The first-order valence-electron chi connectivity index (χ1n) is 10.5. The molecule has 0 amide bonds. The van der Waals surface area contributed by atoms with Gasteiger partial charge >= 0.3 is 5.97 Å². The maximum absolute atomic E-state index is 11.7. The van der Waals surface area contributed by atoms with Gasteiger partial charge in [-0.2, -0.15) is 0 Å². The molecule has 0 saturated carbocycles. The quantitative estimate of drug-likeness (QED) is 0.408. The molecule has 0 radical (unpaired) electrons. The Kier molecular flexibility index (Phi) is 7.76. The maximum Gasteiger partial charge on any atom is 0.335 e.